The van der Waals surface area contributed by atoms with Gasteiger partial charge in [0.1, 0.15) is 10.7 Å². The van der Waals surface area contributed by atoms with Crippen LogP contribution in [0.5, 0.6) is 11.5 Å². The number of hydrazone groups is 1. The van der Waals surface area contributed by atoms with E-state index in [9.17, 15) is 4.79 Å². The molecule has 0 amide bonds. The van der Waals surface area contributed by atoms with E-state index in [1.165, 1.54) is 6.20 Å². The van der Waals surface area contributed by atoms with Gasteiger partial charge in [0.25, 0.3) is 5.56 Å². The Hall–Kier alpha value is -2.54. The molecular formula is C15H17ClN4O3. The van der Waals surface area contributed by atoms with Crippen LogP contribution >= 0.6 is 11.6 Å². The molecule has 0 saturated heterocycles. The highest BCUT2D eigenvalue weighted by molar-refractivity contribution is 6.32. The van der Waals surface area contributed by atoms with Gasteiger partial charge >= 0.3 is 0 Å². The summed E-state index contributed by atoms with van der Waals surface area (Å²) in [5.41, 5.74) is 3.32. The van der Waals surface area contributed by atoms with Crippen molar-refractivity contribution in [1.29, 1.82) is 0 Å². The molecule has 1 aromatic heterocycles. The number of ether oxygens (including phenoxy) is 2. The molecule has 0 spiro atoms. The van der Waals surface area contributed by atoms with Crippen molar-refractivity contribution in [1.82, 2.24) is 10.2 Å². The lowest BCUT2D eigenvalue weighted by Gasteiger charge is -2.11. The maximum Gasteiger partial charge on any atom is 0.285 e. The van der Waals surface area contributed by atoms with Gasteiger partial charge in [-0.25, -0.2) is 5.10 Å². The van der Waals surface area contributed by atoms with Gasteiger partial charge in [0.05, 0.1) is 25.6 Å². The molecular weight excluding hydrogens is 320 g/mol. The minimum Gasteiger partial charge on any atom is -0.490 e. The third-order valence-electron chi connectivity index (χ3n) is 2.76. The zero-order chi connectivity index (χ0) is 16.7. The number of hydrogen-bond acceptors (Lipinski definition) is 6. The largest absolute Gasteiger partial charge is 0.490 e. The molecule has 1 aromatic carbocycles. The fourth-order valence-electron chi connectivity index (χ4n) is 1.79. The molecule has 2 aromatic rings. The summed E-state index contributed by atoms with van der Waals surface area (Å²) in [5.74, 6) is 1.33. The Morgan fingerprint density at radius 1 is 1.30 bits per heavy atom. The van der Waals surface area contributed by atoms with Gasteiger partial charge in [-0.1, -0.05) is 11.6 Å². The summed E-state index contributed by atoms with van der Waals surface area (Å²) in [6.07, 6.45) is 2.96. The predicted octanol–water partition coefficient (Wildman–Crippen LogP) is 2.67. The molecule has 23 heavy (non-hydrogen) atoms. The van der Waals surface area contributed by atoms with Crippen molar-refractivity contribution < 1.29 is 9.47 Å². The number of halogens is 1. The molecule has 0 bridgehead atoms. The van der Waals surface area contributed by atoms with E-state index < -0.39 is 5.56 Å². The smallest absolute Gasteiger partial charge is 0.285 e. The lowest BCUT2D eigenvalue weighted by atomic mass is 10.2. The van der Waals surface area contributed by atoms with Gasteiger partial charge in [0, 0.05) is 0 Å². The Morgan fingerprint density at radius 2 is 2.04 bits per heavy atom. The minimum atomic E-state index is -0.480. The molecule has 0 atom stereocenters. The van der Waals surface area contributed by atoms with Crippen molar-refractivity contribution in [3.8, 4) is 11.5 Å². The monoisotopic (exact) mass is 336 g/mol. The van der Waals surface area contributed by atoms with Crippen molar-refractivity contribution in [2.75, 3.05) is 18.6 Å². The van der Waals surface area contributed by atoms with Crippen LogP contribution in [-0.2, 0) is 0 Å². The summed E-state index contributed by atoms with van der Waals surface area (Å²) in [5, 5.41) is 9.92. The fourth-order valence-corrected chi connectivity index (χ4v) is 1.92. The average Bonchev–Trinajstić information content (AvgIpc) is 2.54. The minimum absolute atomic E-state index is 0.00107. The highest BCUT2D eigenvalue weighted by Gasteiger charge is 2.06. The first-order valence-electron chi connectivity index (χ1n) is 7.07. The van der Waals surface area contributed by atoms with E-state index in [2.05, 4.69) is 20.7 Å². The van der Waals surface area contributed by atoms with Gasteiger partial charge < -0.3 is 9.47 Å². The summed E-state index contributed by atoms with van der Waals surface area (Å²) >= 11 is 5.84. The quantitative estimate of drug-likeness (QED) is 0.599. The number of aromatic nitrogens is 2. The van der Waals surface area contributed by atoms with E-state index in [0.29, 0.717) is 30.4 Å². The Labute approximate surface area is 138 Å². The summed E-state index contributed by atoms with van der Waals surface area (Å²) in [6, 6.07) is 5.48. The van der Waals surface area contributed by atoms with Crippen LogP contribution < -0.4 is 20.5 Å². The first kappa shape index (κ1) is 16.8. The maximum absolute atomic E-state index is 11.3. The second-order valence-electron chi connectivity index (χ2n) is 4.37. The summed E-state index contributed by atoms with van der Waals surface area (Å²) in [6.45, 7) is 4.91. The van der Waals surface area contributed by atoms with E-state index >= 15 is 0 Å². The van der Waals surface area contributed by atoms with Gasteiger partial charge in [-0.15, -0.1) is 0 Å². The average molecular weight is 337 g/mol. The topological polar surface area (TPSA) is 88.6 Å². The van der Waals surface area contributed by atoms with Crippen LogP contribution in [0.15, 0.2) is 34.3 Å². The van der Waals surface area contributed by atoms with Crippen molar-refractivity contribution in [2.24, 2.45) is 5.10 Å². The highest BCUT2D eigenvalue weighted by Crippen LogP contribution is 2.28. The maximum atomic E-state index is 11.3. The van der Waals surface area contributed by atoms with Crippen molar-refractivity contribution in [3.63, 3.8) is 0 Å². The zero-order valence-electron chi connectivity index (χ0n) is 12.8. The molecule has 0 fully saturated rings. The van der Waals surface area contributed by atoms with E-state index in [1.807, 2.05) is 32.0 Å². The molecule has 2 rings (SSSR count). The van der Waals surface area contributed by atoms with Crippen molar-refractivity contribution in [2.45, 2.75) is 13.8 Å². The number of aromatic amines is 1. The van der Waals surface area contributed by atoms with Crippen LogP contribution in [0.2, 0.25) is 5.02 Å². The van der Waals surface area contributed by atoms with Crippen molar-refractivity contribution in [3.05, 3.63) is 45.3 Å². The molecule has 0 unspecified atom stereocenters. The highest BCUT2D eigenvalue weighted by atomic mass is 35.5. The number of nitrogens with zero attached hydrogens (tertiary/aromatic N) is 2. The molecule has 122 valence electrons. The third-order valence-corrected chi connectivity index (χ3v) is 3.14. The van der Waals surface area contributed by atoms with Gasteiger partial charge in [-0.3, -0.25) is 10.2 Å². The van der Waals surface area contributed by atoms with Crippen LogP contribution in [0.3, 0.4) is 0 Å². The van der Waals surface area contributed by atoms with Crippen LogP contribution in [0, 0.1) is 0 Å². The number of H-pyrrole nitrogens is 1. The Kier molecular flexibility index (Phi) is 5.99. The number of benzene rings is 1. The van der Waals surface area contributed by atoms with Crippen LogP contribution in [0.25, 0.3) is 0 Å². The third kappa shape index (κ3) is 4.46. The number of nitrogens with one attached hydrogen (secondary N) is 2. The SMILES string of the molecule is CCOc1ccc(/C=N\Nc2cn[nH]c(=O)c2Cl)cc1OCC. The zero-order valence-corrected chi connectivity index (χ0v) is 13.6. The molecule has 8 heteroatoms. The lowest BCUT2D eigenvalue weighted by molar-refractivity contribution is 0.288. The summed E-state index contributed by atoms with van der Waals surface area (Å²) in [7, 11) is 0. The van der Waals surface area contributed by atoms with E-state index in [-0.39, 0.29) is 5.02 Å². The first-order chi connectivity index (χ1) is 11.2. The normalized spacial score (nSPS) is 10.7. The Balaban J connectivity index is 2.14. The Bertz CT molecular complexity index is 746. The summed E-state index contributed by atoms with van der Waals surface area (Å²) < 4.78 is 11.0. The predicted molar refractivity (Wildman–Crippen MR) is 89.9 cm³/mol. The van der Waals surface area contributed by atoms with E-state index in [0.717, 1.165) is 5.56 Å². The lowest BCUT2D eigenvalue weighted by Crippen LogP contribution is -2.10. The Morgan fingerprint density at radius 3 is 2.78 bits per heavy atom. The van der Waals surface area contributed by atoms with Crippen molar-refractivity contribution >= 4 is 23.5 Å². The molecule has 1 heterocycles. The molecule has 0 aliphatic heterocycles. The number of rotatable bonds is 7. The molecule has 2 N–H and O–H groups in total. The molecule has 0 aliphatic rings. The van der Waals surface area contributed by atoms with Gasteiger partial charge in [0.15, 0.2) is 11.5 Å². The first-order valence-corrected chi connectivity index (χ1v) is 7.45. The van der Waals surface area contributed by atoms with Gasteiger partial charge in [-0.05, 0) is 37.6 Å². The molecule has 0 radical (unpaired) electrons. The fraction of sp³-hybridized carbons (Fsp3) is 0.267. The second-order valence-corrected chi connectivity index (χ2v) is 4.75. The number of anilines is 1. The summed E-state index contributed by atoms with van der Waals surface area (Å²) in [4.78, 5) is 11.3. The van der Waals surface area contributed by atoms with Crippen LogP contribution in [-0.4, -0.2) is 29.6 Å². The van der Waals surface area contributed by atoms with Gasteiger partial charge in [-0.2, -0.15) is 10.2 Å². The molecule has 0 aliphatic carbocycles. The standard InChI is InChI=1S/C15H17ClN4O3/c1-3-22-12-6-5-10(7-13(12)23-4-2)8-17-19-11-9-18-20-15(21)14(11)16/h5-9H,3-4H2,1-2H3,(H2,19,20,21)/b17-8-. The van der Waals surface area contributed by atoms with Gasteiger partial charge in [0.2, 0.25) is 0 Å². The number of hydrogen-bond donors (Lipinski definition) is 2. The molecule has 0 saturated carbocycles. The van der Waals surface area contributed by atoms with Crippen LogP contribution in [0.1, 0.15) is 19.4 Å². The van der Waals surface area contributed by atoms with E-state index in [4.69, 9.17) is 21.1 Å². The van der Waals surface area contributed by atoms with Crippen LogP contribution in [0.4, 0.5) is 5.69 Å². The second kappa shape index (κ2) is 8.19. The van der Waals surface area contributed by atoms with E-state index in [1.54, 1.807) is 6.21 Å². The molecule has 7 nitrogen and oxygen atoms in total.